The van der Waals surface area contributed by atoms with Crippen molar-refractivity contribution in [1.29, 1.82) is 0 Å². The molecule has 192 valence electrons. The first kappa shape index (κ1) is 24.6. The van der Waals surface area contributed by atoms with E-state index in [-0.39, 0.29) is 11.1 Å². The highest BCUT2D eigenvalue weighted by atomic mass is 16.5. The third-order valence-electron chi connectivity index (χ3n) is 7.59. The zero-order valence-corrected chi connectivity index (χ0v) is 21.5. The standard InChI is InChI=1S/C33H26N2O4/c1-34(38)31(36)29-27(21-13-5-3-6-14-21)23-17-9-11-19-25(23)33(29)26-20-12-10-18-24(26)28(22-15-7-4-8-16-22)30(33)32(37)35(2)39/h3-20,38-39H,1-2H3. The van der Waals surface area contributed by atoms with Gasteiger partial charge in [-0.15, -0.1) is 0 Å². The minimum Gasteiger partial charge on any atom is -0.286 e. The van der Waals surface area contributed by atoms with Gasteiger partial charge in [-0.2, -0.15) is 0 Å². The molecular weight excluding hydrogens is 488 g/mol. The lowest BCUT2D eigenvalue weighted by molar-refractivity contribution is -0.156. The number of carbonyl (C=O) groups is 2. The van der Waals surface area contributed by atoms with E-state index in [0.29, 0.717) is 21.3 Å². The Morgan fingerprint density at radius 1 is 0.538 bits per heavy atom. The molecule has 4 aromatic rings. The van der Waals surface area contributed by atoms with Crippen molar-refractivity contribution in [2.75, 3.05) is 14.1 Å². The molecule has 2 amide bonds. The van der Waals surface area contributed by atoms with E-state index in [1.165, 1.54) is 14.1 Å². The highest BCUT2D eigenvalue weighted by Gasteiger charge is 2.59. The van der Waals surface area contributed by atoms with Gasteiger partial charge in [0, 0.05) is 25.2 Å². The van der Waals surface area contributed by atoms with Crippen molar-refractivity contribution in [2.45, 2.75) is 5.41 Å². The number of hydrogen-bond donors (Lipinski definition) is 2. The molecule has 2 aliphatic carbocycles. The molecule has 2 aliphatic rings. The number of fused-ring (bicyclic) bond motifs is 4. The molecular formula is C33H26N2O4. The normalized spacial score (nSPS) is 14.9. The molecule has 0 heterocycles. The highest BCUT2D eigenvalue weighted by molar-refractivity contribution is 6.20. The molecule has 0 saturated carbocycles. The summed E-state index contributed by atoms with van der Waals surface area (Å²) in [7, 11) is 2.58. The molecule has 0 aliphatic heterocycles. The van der Waals surface area contributed by atoms with Gasteiger partial charge < -0.3 is 0 Å². The number of hydroxylamine groups is 4. The lowest BCUT2D eigenvalue weighted by atomic mass is 9.67. The maximum absolute atomic E-state index is 14.2. The molecule has 6 rings (SSSR count). The van der Waals surface area contributed by atoms with Gasteiger partial charge in [-0.25, -0.2) is 10.1 Å². The van der Waals surface area contributed by atoms with Crippen LogP contribution in [-0.4, -0.2) is 46.5 Å². The van der Waals surface area contributed by atoms with E-state index in [1.54, 1.807) is 0 Å². The molecule has 0 atom stereocenters. The van der Waals surface area contributed by atoms with Gasteiger partial charge in [0.2, 0.25) is 0 Å². The molecule has 6 heteroatoms. The number of hydrogen-bond acceptors (Lipinski definition) is 4. The van der Waals surface area contributed by atoms with E-state index < -0.39 is 17.2 Å². The molecule has 4 aromatic carbocycles. The first-order chi connectivity index (χ1) is 18.9. The van der Waals surface area contributed by atoms with Crippen molar-refractivity contribution < 1.29 is 20.0 Å². The molecule has 1 spiro atoms. The Kier molecular flexibility index (Phi) is 5.79. The van der Waals surface area contributed by atoms with Crippen molar-refractivity contribution in [1.82, 2.24) is 10.1 Å². The van der Waals surface area contributed by atoms with Crippen LogP contribution in [-0.2, 0) is 15.0 Å². The molecule has 0 saturated heterocycles. The SMILES string of the molecule is CN(O)C(=O)C1=C(c2ccccc2)c2ccccc2C12C(C(=O)N(C)O)=C(c1ccccc1)c1ccccc12. The summed E-state index contributed by atoms with van der Waals surface area (Å²) < 4.78 is 0. The van der Waals surface area contributed by atoms with Crippen molar-refractivity contribution in [3.8, 4) is 0 Å². The van der Waals surface area contributed by atoms with Crippen LogP contribution in [0.25, 0.3) is 11.1 Å². The Hall–Kier alpha value is -4.78. The van der Waals surface area contributed by atoms with Crippen molar-refractivity contribution in [3.63, 3.8) is 0 Å². The van der Waals surface area contributed by atoms with E-state index in [2.05, 4.69) is 0 Å². The lowest BCUT2D eigenvalue weighted by Gasteiger charge is -2.34. The summed E-state index contributed by atoms with van der Waals surface area (Å²) in [6.45, 7) is 0. The first-order valence-electron chi connectivity index (χ1n) is 12.6. The minimum atomic E-state index is -1.40. The van der Waals surface area contributed by atoms with Crippen LogP contribution < -0.4 is 0 Å². The van der Waals surface area contributed by atoms with E-state index >= 15 is 0 Å². The number of carbonyl (C=O) groups excluding carboxylic acids is 2. The lowest BCUT2D eigenvalue weighted by Crippen LogP contribution is -2.42. The fraction of sp³-hybridized carbons (Fsp3) is 0.0909. The third kappa shape index (κ3) is 3.43. The topological polar surface area (TPSA) is 81.1 Å². The summed E-state index contributed by atoms with van der Waals surface area (Å²) in [5.41, 5.74) is 4.96. The minimum absolute atomic E-state index is 0.253. The maximum atomic E-state index is 14.2. The van der Waals surface area contributed by atoms with Crippen LogP contribution >= 0.6 is 0 Å². The highest BCUT2D eigenvalue weighted by Crippen LogP contribution is 2.63. The Morgan fingerprint density at radius 2 is 0.872 bits per heavy atom. The largest absolute Gasteiger partial charge is 0.286 e. The van der Waals surface area contributed by atoms with Gasteiger partial charge in [-0.3, -0.25) is 20.0 Å². The van der Waals surface area contributed by atoms with E-state index in [4.69, 9.17) is 0 Å². The second kappa shape index (κ2) is 9.20. The monoisotopic (exact) mass is 514 g/mol. The Balaban J connectivity index is 1.88. The second-order valence-corrected chi connectivity index (χ2v) is 9.73. The van der Waals surface area contributed by atoms with E-state index in [9.17, 15) is 20.0 Å². The van der Waals surface area contributed by atoms with Crippen LogP contribution in [0.5, 0.6) is 0 Å². The summed E-state index contributed by atoms with van der Waals surface area (Å²) in [6.07, 6.45) is 0. The number of nitrogens with zero attached hydrogens (tertiary/aromatic N) is 2. The molecule has 0 radical (unpaired) electrons. The average Bonchev–Trinajstić information content (AvgIpc) is 3.44. The van der Waals surface area contributed by atoms with Crippen molar-refractivity contribution >= 4 is 23.0 Å². The van der Waals surface area contributed by atoms with Gasteiger partial charge in [-0.1, -0.05) is 109 Å². The summed E-state index contributed by atoms with van der Waals surface area (Å²) >= 11 is 0. The first-order valence-corrected chi connectivity index (χ1v) is 12.6. The summed E-state index contributed by atoms with van der Waals surface area (Å²) in [5.74, 6) is -1.28. The molecule has 6 nitrogen and oxygen atoms in total. The van der Waals surface area contributed by atoms with Gasteiger partial charge in [0.05, 0.1) is 5.41 Å². The van der Waals surface area contributed by atoms with E-state index in [0.717, 1.165) is 33.4 Å². The molecule has 39 heavy (non-hydrogen) atoms. The van der Waals surface area contributed by atoms with Gasteiger partial charge in [0.25, 0.3) is 11.8 Å². The number of likely N-dealkylation sites (N-methyl/N-ethyl adjacent to an activating group) is 2. The average molecular weight is 515 g/mol. The van der Waals surface area contributed by atoms with Gasteiger partial charge >= 0.3 is 0 Å². The fourth-order valence-electron chi connectivity index (χ4n) is 6.18. The van der Waals surface area contributed by atoms with Crippen molar-refractivity contribution in [3.05, 3.63) is 154 Å². The predicted octanol–water partition coefficient (Wildman–Crippen LogP) is 5.30. The number of benzene rings is 4. The van der Waals surface area contributed by atoms with E-state index in [1.807, 2.05) is 109 Å². The molecule has 2 N–H and O–H groups in total. The second-order valence-electron chi connectivity index (χ2n) is 9.73. The van der Waals surface area contributed by atoms with Crippen LogP contribution in [0, 0.1) is 0 Å². The maximum Gasteiger partial charge on any atom is 0.275 e. The fourth-order valence-corrected chi connectivity index (χ4v) is 6.18. The quantitative estimate of drug-likeness (QED) is 0.286. The van der Waals surface area contributed by atoms with Crippen LogP contribution in [0.3, 0.4) is 0 Å². The zero-order valence-electron chi connectivity index (χ0n) is 21.5. The third-order valence-corrected chi connectivity index (χ3v) is 7.59. The zero-order chi connectivity index (χ0) is 27.3. The van der Waals surface area contributed by atoms with Crippen LogP contribution in [0.1, 0.15) is 33.4 Å². The van der Waals surface area contributed by atoms with Crippen molar-refractivity contribution in [2.24, 2.45) is 0 Å². The molecule has 0 fully saturated rings. The molecule has 0 bridgehead atoms. The summed E-state index contributed by atoms with van der Waals surface area (Å²) in [6, 6.07) is 34.3. The Bertz CT molecular complexity index is 1560. The molecule has 0 unspecified atom stereocenters. The Morgan fingerprint density at radius 3 is 1.23 bits per heavy atom. The van der Waals surface area contributed by atoms with Crippen LogP contribution in [0.15, 0.2) is 120 Å². The van der Waals surface area contributed by atoms with Crippen LogP contribution in [0.4, 0.5) is 0 Å². The van der Waals surface area contributed by atoms with Gasteiger partial charge in [0.1, 0.15) is 0 Å². The number of rotatable bonds is 4. The van der Waals surface area contributed by atoms with Gasteiger partial charge in [-0.05, 0) is 44.5 Å². The predicted molar refractivity (Wildman–Crippen MR) is 148 cm³/mol. The molecule has 0 aromatic heterocycles. The van der Waals surface area contributed by atoms with Gasteiger partial charge in [0.15, 0.2) is 0 Å². The Labute approximate surface area is 226 Å². The number of amides is 2. The van der Waals surface area contributed by atoms with Crippen LogP contribution in [0.2, 0.25) is 0 Å². The summed E-state index contributed by atoms with van der Waals surface area (Å²) in [4.78, 5) is 28.3. The summed E-state index contributed by atoms with van der Waals surface area (Å²) in [5, 5.41) is 22.4. The smallest absolute Gasteiger partial charge is 0.275 e.